The van der Waals surface area contributed by atoms with Crippen molar-refractivity contribution in [2.24, 2.45) is 0 Å². The highest BCUT2D eigenvalue weighted by Gasteiger charge is 2.53. The summed E-state index contributed by atoms with van der Waals surface area (Å²) in [5, 5.41) is 0. The topological polar surface area (TPSA) is 68.4 Å². The molecule has 0 spiro atoms. The van der Waals surface area contributed by atoms with E-state index in [-0.39, 0.29) is 33.8 Å². The summed E-state index contributed by atoms with van der Waals surface area (Å²) in [5.41, 5.74) is -7.85. The smallest absolute Gasteiger partial charge is 0.490 e. The second-order valence-electron chi connectivity index (χ2n) is 4.83. The number of hydrogen-bond acceptors (Lipinski definition) is 4. The Morgan fingerprint density at radius 1 is 1.36 bits per heavy atom. The summed E-state index contributed by atoms with van der Waals surface area (Å²) >= 11 is 3.11. The molecule has 5 nitrogen and oxygen atoms in total. The molecule has 2 rings (SSSR count). The van der Waals surface area contributed by atoms with Gasteiger partial charge >= 0.3 is 5.51 Å². The van der Waals surface area contributed by atoms with Gasteiger partial charge in [-0.3, -0.25) is 0 Å². The molecule has 1 atom stereocenters. The highest BCUT2D eigenvalue weighted by atomic mass is 79.9. The Morgan fingerprint density at radius 3 is 2.56 bits per heavy atom. The van der Waals surface area contributed by atoms with Crippen molar-refractivity contribution in [1.82, 2.24) is 4.98 Å². The van der Waals surface area contributed by atoms with Gasteiger partial charge in [-0.1, -0.05) is 0 Å². The van der Waals surface area contributed by atoms with E-state index < -0.39 is 20.8 Å². The van der Waals surface area contributed by atoms with Crippen LogP contribution in [0.3, 0.4) is 0 Å². The third kappa shape index (κ3) is 4.12. The van der Waals surface area contributed by atoms with Crippen LogP contribution in [0.25, 0.3) is 0 Å². The molecule has 1 N–H and O–H groups in total. The lowest BCUT2D eigenvalue weighted by molar-refractivity contribution is -0.0472. The van der Waals surface area contributed by atoms with Crippen molar-refractivity contribution in [3.8, 4) is 11.5 Å². The number of H-pyrrole nitrogens is 1. The van der Waals surface area contributed by atoms with Crippen LogP contribution in [-0.4, -0.2) is 25.5 Å². The fourth-order valence-corrected chi connectivity index (χ4v) is 3.48. The summed E-state index contributed by atoms with van der Waals surface area (Å²) in [6.07, 6.45) is 1.29. The molecule has 136 valence electrons. The zero-order valence-electron chi connectivity index (χ0n) is 12.8. The van der Waals surface area contributed by atoms with Crippen LogP contribution in [-0.2, 0) is 9.84 Å². The Bertz CT molecular complexity index is 835. The normalized spacial score (nSPS) is 13.5. The molecule has 0 aliphatic carbocycles. The van der Waals surface area contributed by atoms with E-state index in [9.17, 15) is 21.6 Å². The second-order valence-corrected chi connectivity index (χ2v) is 7.66. The number of benzene rings is 1. The lowest BCUT2D eigenvalue weighted by atomic mass is 10.2. The third-order valence-electron chi connectivity index (χ3n) is 3.04. The number of halogens is 4. The van der Waals surface area contributed by atoms with Crippen LogP contribution >= 0.6 is 15.9 Å². The molecule has 0 amide bonds. The van der Waals surface area contributed by atoms with E-state index >= 15 is 0 Å². The summed E-state index contributed by atoms with van der Waals surface area (Å²) in [6, 6.07) is 5.23. The third-order valence-corrected chi connectivity index (χ3v) is 5.19. The first-order valence-electron chi connectivity index (χ1n) is 6.89. The van der Waals surface area contributed by atoms with Gasteiger partial charge in [0.2, 0.25) is 5.44 Å². The van der Waals surface area contributed by atoms with E-state index in [4.69, 9.17) is 16.4 Å². The molecule has 0 saturated heterocycles. The monoisotopic (exact) mass is 439 g/mol. The summed E-state index contributed by atoms with van der Waals surface area (Å²) in [4.78, 5) is 2.43. The van der Waals surface area contributed by atoms with E-state index in [1.807, 2.05) is 0 Å². The number of aromatic amines is 1. The van der Waals surface area contributed by atoms with Gasteiger partial charge in [0.1, 0.15) is 0 Å². The van der Waals surface area contributed by atoms with Crippen LogP contribution in [0.1, 0.15) is 23.6 Å². The average Bonchev–Trinajstić information content (AvgIpc) is 2.99. The zero-order valence-corrected chi connectivity index (χ0v) is 15.2. The molecule has 0 aliphatic heterocycles. The van der Waals surface area contributed by atoms with E-state index in [0.717, 1.165) is 0 Å². The Labute approximate surface area is 151 Å². The molecule has 1 unspecified atom stereocenters. The van der Waals surface area contributed by atoms with Gasteiger partial charge in [-0.15, -0.1) is 0 Å². The minimum Gasteiger partial charge on any atom is -0.490 e. The molecule has 0 fully saturated rings. The van der Waals surface area contributed by atoms with Gasteiger partial charge < -0.3 is 14.5 Å². The van der Waals surface area contributed by atoms with Crippen molar-refractivity contribution in [3.63, 3.8) is 0 Å². The first kappa shape index (κ1) is 19.6. The number of hydrogen-bond donors (Lipinski definition) is 1. The highest BCUT2D eigenvalue weighted by molar-refractivity contribution is 9.10. The van der Waals surface area contributed by atoms with Crippen molar-refractivity contribution in [2.75, 3.05) is 6.61 Å². The molecule has 10 heteroatoms. The molecule has 1 aromatic heterocycles. The maximum Gasteiger partial charge on any atom is 0.501 e. The van der Waals surface area contributed by atoms with Crippen LogP contribution < -0.4 is 9.47 Å². The zero-order chi connectivity index (χ0) is 18.8. The van der Waals surface area contributed by atoms with Crippen LogP contribution in [0.5, 0.6) is 11.5 Å². The van der Waals surface area contributed by atoms with E-state index in [0.29, 0.717) is 0 Å². The Kier molecular flexibility index (Phi) is 5.72. The lowest BCUT2D eigenvalue weighted by Gasteiger charge is -2.22. The van der Waals surface area contributed by atoms with Crippen LogP contribution in [0, 0.1) is 6.92 Å². The lowest BCUT2D eigenvalue weighted by Crippen LogP contribution is -2.32. The molecule has 0 aliphatic rings. The van der Waals surface area contributed by atoms with Crippen LogP contribution in [0.15, 0.2) is 34.9 Å². The number of nitrogens with one attached hydrogen (secondary N) is 1. The Hall–Kier alpha value is -1.68. The van der Waals surface area contributed by atoms with Gasteiger partial charge in [-0.25, -0.2) is 8.42 Å². The minimum atomic E-state index is -5.68. The van der Waals surface area contributed by atoms with Gasteiger partial charge in [-0.05, 0) is 59.6 Å². The van der Waals surface area contributed by atoms with Crippen molar-refractivity contribution in [2.45, 2.75) is 17.9 Å². The Balaban J connectivity index is 2.57. The quantitative estimate of drug-likeness (QED) is 0.730. The standard InChI is InChI=1S/C15H13BrF3NO4S/c1-3-23-12-8-9(2)7-10(16)13(12)24-14(11-5-4-6-20-11)25(21,22)15(17,18)19/h2,4-8,14,20H,3H2,1H3. The van der Waals surface area contributed by atoms with Gasteiger partial charge in [0, 0.05) is 6.20 Å². The maximum atomic E-state index is 13.0. The summed E-state index contributed by atoms with van der Waals surface area (Å²) < 4.78 is 73.7. The van der Waals surface area contributed by atoms with Gasteiger partial charge in [-0.2, -0.15) is 13.2 Å². The first-order valence-corrected chi connectivity index (χ1v) is 9.23. The molecule has 1 aromatic carbocycles. The molecule has 1 heterocycles. The highest BCUT2D eigenvalue weighted by Crippen LogP contribution is 2.43. The fraction of sp³-hybridized carbons (Fsp3) is 0.267. The van der Waals surface area contributed by atoms with Crippen molar-refractivity contribution in [1.29, 1.82) is 0 Å². The van der Waals surface area contributed by atoms with E-state index in [2.05, 4.69) is 20.9 Å². The molecule has 2 radical (unpaired) electrons. The van der Waals surface area contributed by atoms with Gasteiger partial charge in [0.15, 0.2) is 11.5 Å². The largest absolute Gasteiger partial charge is 0.501 e. The minimum absolute atomic E-state index is 0.0169. The van der Waals surface area contributed by atoms with Gasteiger partial charge in [0.25, 0.3) is 9.84 Å². The Morgan fingerprint density at radius 2 is 2.04 bits per heavy atom. The first-order chi connectivity index (χ1) is 11.6. The number of alkyl halides is 3. The molecular weight excluding hydrogens is 427 g/mol. The number of sulfone groups is 1. The van der Waals surface area contributed by atoms with Crippen molar-refractivity contribution < 1.29 is 31.1 Å². The number of ether oxygens (including phenoxy) is 2. The number of aromatic nitrogens is 1. The summed E-state index contributed by atoms with van der Waals surface area (Å²) in [6.45, 7) is 7.49. The molecule has 0 bridgehead atoms. The van der Waals surface area contributed by atoms with Gasteiger partial charge in [0.05, 0.1) is 16.8 Å². The molecule has 2 aromatic rings. The molecule has 0 saturated carbocycles. The van der Waals surface area contributed by atoms with Crippen LogP contribution in [0.4, 0.5) is 13.2 Å². The van der Waals surface area contributed by atoms with Crippen molar-refractivity contribution in [3.05, 3.63) is 53.1 Å². The van der Waals surface area contributed by atoms with E-state index in [1.54, 1.807) is 6.92 Å². The molecule has 25 heavy (non-hydrogen) atoms. The summed E-state index contributed by atoms with van der Waals surface area (Å²) in [5.74, 6) is -0.188. The molecular formula is C15H13BrF3NO4S. The summed E-state index contributed by atoms with van der Waals surface area (Å²) in [7, 11) is -5.68. The fourth-order valence-electron chi connectivity index (χ4n) is 1.98. The average molecular weight is 440 g/mol. The van der Waals surface area contributed by atoms with Crippen LogP contribution in [0.2, 0.25) is 0 Å². The predicted molar refractivity (Wildman–Crippen MR) is 87.8 cm³/mol. The van der Waals surface area contributed by atoms with Crippen molar-refractivity contribution >= 4 is 25.8 Å². The maximum absolute atomic E-state index is 13.0. The number of rotatable bonds is 6. The second kappa shape index (κ2) is 7.28. The predicted octanol–water partition coefficient (Wildman–Crippen LogP) is 4.25. The van der Waals surface area contributed by atoms with E-state index in [1.165, 1.54) is 30.5 Å². The SMILES string of the molecule is [CH]c1cc(Br)c(OC(c2ccc[nH]2)S(=O)(=O)C(F)(F)F)c(OCC)c1.